The zero-order valence-electron chi connectivity index (χ0n) is 10.0. The number of para-hydroxylation sites is 1. The highest BCUT2D eigenvalue weighted by Crippen LogP contribution is 2.35. The second-order valence-electron chi connectivity index (χ2n) is 3.98. The molecule has 0 unspecified atom stereocenters. The highest BCUT2D eigenvalue weighted by Gasteiger charge is 2.30. The standard InChI is InChI=1S/C14H9ClF3NO/c15-11-6-5-10(14(16,17)18)7-12(11)19-8-9-3-1-2-4-13(9)20/h1-8,20H. The van der Waals surface area contributed by atoms with Crippen molar-refractivity contribution in [3.05, 3.63) is 58.6 Å². The molecule has 0 aromatic heterocycles. The lowest BCUT2D eigenvalue weighted by Crippen LogP contribution is -2.04. The molecule has 104 valence electrons. The molecule has 2 nitrogen and oxygen atoms in total. The second kappa shape index (κ2) is 5.54. The molecule has 0 spiro atoms. The van der Waals surface area contributed by atoms with Crippen molar-refractivity contribution in [2.75, 3.05) is 0 Å². The molecule has 0 aliphatic carbocycles. The highest BCUT2D eigenvalue weighted by atomic mass is 35.5. The molecular weight excluding hydrogens is 291 g/mol. The summed E-state index contributed by atoms with van der Waals surface area (Å²) in [5, 5.41) is 9.64. The average Bonchev–Trinajstić information content (AvgIpc) is 2.38. The van der Waals surface area contributed by atoms with Crippen molar-refractivity contribution in [3.63, 3.8) is 0 Å². The van der Waals surface area contributed by atoms with Gasteiger partial charge in [0.25, 0.3) is 0 Å². The number of aromatic hydroxyl groups is 1. The van der Waals surface area contributed by atoms with Gasteiger partial charge >= 0.3 is 6.18 Å². The average molecular weight is 300 g/mol. The number of benzene rings is 2. The number of alkyl halides is 3. The van der Waals surface area contributed by atoms with Gasteiger partial charge in [-0.1, -0.05) is 23.7 Å². The Morgan fingerprint density at radius 1 is 1.10 bits per heavy atom. The van der Waals surface area contributed by atoms with Gasteiger partial charge in [-0.15, -0.1) is 0 Å². The molecule has 20 heavy (non-hydrogen) atoms. The van der Waals surface area contributed by atoms with Crippen LogP contribution in [0.25, 0.3) is 0 Å². The van der Waals surface area contributed by atoms with Gasteiger partial charge in [0, 0.05) is 11.8 Å². The minimum Gasteiger partial charge on any atom is -0.507 e. The van der Waals surface area contributed by atoms with Crippen molar-refractivity contribution in [1.82, 2.24) is 0 Å². The van der Waals surface area contributed by atoms with Crippen LogP contribution in [0.15, 0.2) is 47.5 Å². The third-order valence-corrected chi connectivity index (χ3v) is 2.87. The molecule has 1 N–H and O–H groups in total. The van der Waals surface area contributed by atoms with Crippen LogP contribution in [0.5, 0.6) is 5.75 Å². The van der Waals surface area contributed by atoms with Crippen molar-refractivity contribution in [3.8, 4) is 5.75 Å². The van der Waals surface area contributed by atoms with Crippen LogP contribution in [0.4, 0.5) is 18.9 Å². The van der Waals surface area contributed by atoms with Gasteiger partial charge in [-0.05, 0) is 30.3 Å². The SMILES string of the molecule is Oc1ccccc1C=Nc1cc(C(F)(F)F)ccc1Cl. The second-order valence-corrected chi connectivity index (χ2v) is 4.39. The monoisotopic (exact) mass is 299 g/mol. The molecule has 0 amide bonds. The van der Waals surface area contributed by atoms with Crippen molar-refractivity contribution in [2.24, 2.45) is 4.99 Å². The molecule has 0 bridgehead atoms. The summed E-state index contributed by atoms with van der Waals surface area (Å²) in [5.41, 5.74) is -0.447. The lowest BCUT2D eigenvalue weighted by Gasteiger charge is -2.07. The molecule has 6 heteroatoms. The van der Waals surface area contributed by atoms with Gasteiger partial charge in [0.15, 0.2) is 0 Å². The van der Waals surface area contributed by atoms with Crippen LogP contribution < -0.4 is 0 Å². The maximum atomic E-state index is 12.6. The van der Waals surface area contributed by atoms with E-state index < -0.39 is 11.7 Å². The van der Waals surface area contributed by atoms with E-state index in [0.29, 0.717) is 5.56 Å². The minimum absolute atomic E-state index is 0.00950. The van der Waals surface area contributed by atoms with E-state index in [2.05, 4.69) is 4.99 Å². The summed E-state index contributed by atoms with van der Waals surface area (Å²) in [7, 11) is 0. The van der Waals surface area contributed by atoms with Gasteiger partial charge in [0.05, 0.1) is 16.3 Å². The maximum absolute atomic E-state index is 12.6. The molecule has 0 atom stereocenters. The van der Waals surface area contributed by atoms with E-state index >= 15 is 0 Å². The first-order valence-electron chi connectivity index (χ1n) is 5.57. The molecule has 2 aromatic rings. The number of nitrogens with zero attached hydrogens (tertiary/aromatic N) is 1. The Kier molecular flexibility index (Phi) is 3.99. The third kappa shape index (κ3) is 3.30. The van der Waals surface area contributed by atoms with Gasteiger partial charge in [0.1, 0.15) is 5.75 Å². The number of hydrogen-bond acceptors (Lipinski definition) is 2. The summed E-state index contributed by atoms with van der Waals surface area (Å²) in [5.74, 6) is -0.0145. The van der Waals surface area contributed by atoms with E-state index in [0.717, 1.165) is 18.2 Å². The van der Waals surface area contributed by atoms with E-state index in [1.165, 1.54) is 12.3 Å². The van der Waals surface area contributed by atoms with Crippen LogP contribution in [0, 0.1) is 0 Å². The van der Waals surface area contributed by atoms with E-state index in [4.69, 9.17) is 11.6 Å². The lowest BCUT2D eigenvalue weighted by molar-refractivity contribution is -0.137. The molecule has 0 saturated heterocycles. The van der Waals surface area contributed by atoms with E-state index in [1.807, 2.05) is 0 Å². The first-order valence-corrected chi connectivity index (χ1v) is 5.94. The summed E-state index contributed by atoms with van der Waals surface area (Å²) in [4.78, 5) is 3.89. The molecule has 0 saturated carbocycles. The third-order valence-electron chi connectivity index (χ3n) is 2.55. The fraction of sp³-hybridized carbons (Fsp3) is 0.0714. The highest BCUT2D eigenvalue weighted by molar-refractivity contribution is 6.33. The molecule has 0 radical (unpaired) electrons. The van der Waals surface area contributed by atoms with E-state index in [-0.39, 0.29) is 16.5 Å². The number of hydrogen-bond donors (Lipinski definition) is 1. The summed E-state index contributed by atoms with van der Waals surface area (Å²) in [6, 6.07) is 9.23. The quantitative estimate of drug-likeness (QED) is 0.793. The van der Waals surface area contributed by atoms with Crippen LogP contribution in [0.2, 0.25) is 5.02 Å². The van der Waals surface area contributed by atoms with Gasteiger partial charge in [-0.3, -0.25) is 4.99 Å². The van der Waals surface area contributed by atoms with Crippen molar-refractivity contribution in [2.45, 2.75) is 6.18 Å². The van der Waals surface area contributed by atoms with Crippen molar-refractivity contribution >= 4 is 23.5 Å². The Labute approximate surface area is 118 Å². The molecule has 0 aliphatic rings. The van der Waals surface area contributed by atoms with E-state index in [1.54, 1.807) is 18.2 Å². The fourth-order valence-corrected chi connectivity index (χ4v) is 1.69. The number of phenols is 1. The Hall–Kier alpha value is -2.01. The number of rotatable bonds is 2. The number of phenolic OH excluding ortho intramolecular Hbond substituents is 1. The first kappa shape index (κ1) is 14.4. The first-order chi connectivity index (χ1) is 9.38. The minimum atomic E-state index is -4.45. The van der Waals surface area contributed by atoms with Crippen LogP contribution in [0.3, 0.4) is 0 Å². The zero-order valence-corrected chi connectivity index (χ0v) is 10.8. The van der Waals surface area contributed by atoms with E-state index in [9.17, 15) is 18.3 Å². The van der Waals surface area contributed by atoms with Crippen molar-refractivity contribution in [1.29, 1.82) is 0 Å². The van der Waals surface area contributed by atoms with Gasteiger partial charge in [-0.25, -0.2) is 0 Å². The predicted molar refractivity (Wildman–Crippen MR) is 71.8 cm³/mol. The molecule has 0 fully saturated rings. The topological polar surface area (TPSA) is 32.6 Å². The number of aliphatic imine (C=N–C) groups is 1. The number of halogens is 4. The largest absolute Gasteiger partial charge is 0.507 e. The summed E-state index contributed by atoms with van der Waals surface area (Å²) < 4.78 is 37.8. The molecular formula is C14H9ClF3NO. The summed E-state index contributed by atoms with van der Waals surface area (Å²) >= 11 is 5.81. The maximum Gasteiger partial charge on any atom is 0.416 e. The fourth-order valence-electron chi connectivity index (χ4n) is 1.52. The van der Waals surface area contributed by atoms with Crippen LogP contribution in [0.1, 0.15) is 11.1 Å². The molecule has 2 aromatic carbocycles. The van der Waals surface area contributed by atoms with Crippen LogP contribution in [-0.4, -0.2) is 11.3 Å². The Balaban J connectivity index is 2.36. The summed E-state index contributed by atoms with van der Waals surface area (Å²) in [6.07, 6.45) is -3.19. The van der Waals surface area contributed by atoms with Crippen LogP contribution in [-0.2, 0) is 6.18 Å². The molecule has 0 heterocycles. The Morgan fingerprint density at radius 2 is 1.80 bits per heavy atom. The van der Waals surface area contributed by atoms with Gasteiger partial charge in [-0.2, -0.15) is 13.2 Å². The summed E-state index contributed by atoms with van der Waals surface area (Å²) in [6.45, 7) is 0. The Bertz CT molecular complexity index is 653. The Morgan fingerprint density at radius 3 is 2.45 bits per heavy atom. The molecule has 0 aliphatic heterocycles. The lowest BCUT2D eigenvalue weighted by atomic mass is 10.2. The molecule has 2 rings (SSSR count). The van der Waals surface area contributed by atoms with Crippen LogP contribution >= 0.6 is 11.6 Å². The van der Waals surface area contributed by atoms with Gasteiger partial charge < -0.3 is 5.11 Å². The zero-order chi connectivity index (χ0) is 14.8. The smallest absolute Gasteiger partial charge is 0.416 e. The normalized spacial score (nSPS) is 12.0. The predicted octanol–water partition coefficient (Wildman–Crippen LogP) is 4.82. The van der Waals surface area contributed by atoms with Gasteiger partial charge in [0.2, 0.25) is 0 Å². The van der Waals surface area contributed by atoms with Crippen molar-refractivity contribution < 1.29 is 18.3 Å².